The van der Waals surface area contributed by atoms with E-state index >= 15 is 0 Å². The number of nitrogens with zero attached hydrogens (tertiary/aromatic N) is 1. The highest BCUT2D eigenvalue weighted by Gasteiger charge is 2.35. The molecule has 0 aliphatic rings. The highest BCUT2D eigenvalue weighted by molar-refractivity contribution is 6.08. The third-order valence-electron chi connectivity index (χ3n) is 2.45. The van der Waals surface area contributed by atoms with Crippen molar-refractivity contribution < 1.29 is 23.1 Å². The standard InChI is InChI=1S/C13H8F3NO2/c14-13(15,16)10-7-8(18)4-5-9(10)12(19)11-3-1-2-6-17-11/h1-7,18H. The summed E-state index contributed by atoms with van der Waals surface area (Å²) in [6.45, 7) is 0. The Kier molecular flexibility index (Phi) is 3.25. The summed E-state index contributed by atoms with van der Waals surface area (Å²) in [5.74, 6) is -1.39. The molecule has 0 atom stereocenters. The summed E-state index contributed by atoms with van der Waals surface area (Å²) in [5, 5.41) is 9.13. The number of phenols is 1. The molecule has 0 aliphatic heterocycles. The molecule has 1 aromatic carbocycles. The summed E-state index contributed by atoms with van der Waals surface area (Å²) in [6.07, 6.45) is -3.40. The fourth-order valence-corrected chi connectivity index (χ4v) is 1.60. The molecule has 2 aromatic rings. The number of hydrogen-bond acceptors (Lipinski definition) is 3. The van der Waals surface area contributed by atoms with Crippen LogP contribution in [0.2, 0.25) is 0 Å². The number of aromatic hydroxyl groups is 1. The normalized spacial score (nSPS) is 11.3. The Balaban J connectivity index is 2.54. The minimum absolute atomic E-state index is 0.0845. The average Bonchev–Trinajstić information content (AvgIpc) is 2.38. The molecule has 0 saturated carbocycles. The van der Waals surface area contributed by atoms with Crippen LogP contribution < -0.4 is 0 Å². The molecular formula is C13H8F3NO2. The van der Waals surface area contributed by atoms with Crippen molar-refractivity contribution in [3.8, 4) is 5.75 Å². The van der Waals surface area contributed by atoms with E-state index in [-0.39, 0.29) is 5.69 Å². The van der Waals surface area contributed by atoms with Gasteiger partial charge in [0, 0.05) is 11.8 Å². The lowest BCUT2D eigenvalue weighted by molar-refractivity contribution is -0.138. The molecule has 2 rings (SSSR count). The highest BCUT2D eigenvalue weighted by Crippen LogP contribution is 2.34. The van der Waals surface area contributed by atoms with Gasteiger partial charge in [0.2, 0.25) is 5.78 Å². The van der Waals surface area contributed by atoms with Crippen LogP contribution >= 0.6 is 0 Å². The molecule has 1 heterocycles. The first-order valence-electron chi connectivity index (χ1n) is 5.25. The van der Waals surface area contributed by atoms with Crippen molar-refractivity contribution in [1.29, 1.82) is 0 Å². The van der Waals surface area contributed by atoms with Gasteiger partial charge in [-0.3, -0.25) is 9.78 Å². The number of phenolic OH excluding ortho intramolecular Hbond substituents is 1. The van der Waals surface area contributed by atoms with Gasteiger partial charge in [-0.25, -0.2) is 0 Å². The van der Waals surface area contributed by atoms with Crippen LogP contribution in [0.5, 0.6) is 5.75 Å². The van der Waals surface area contributed by atoms with Gasteiger partial charge in [-0.05, 0) is 30.3 Å². The molecule has 0 fully saturated rings. The smallest absolute Gasteiger partial charge is 0.417 e. The number of benzene rings is 1. The van der Waals surface area contributed by atoms with Crippen molar-refractivity contribution >= 4 is 5.78 Å². The second-order valence-electron chi connectivity index (χ2n) is 3.77. The highest BCUT2D eigenvalue weighted by atomic mass is 19.4. The molecule has 19 heavy (non-hydrogen) atoms. The van der Waals surface area contributed by atoms with Crippen molar-refractivity contribution in [2.24, 2.45) is 0 Å². The predicted molar refractivity (Wildman–Crippen MR) is 60.8 cm³/mol. The van der Waals surface area contributed by atoms with Gasteiger partial charge < -0.3 is 5.11 Å². The Labute approximate surface area is 106 Å². The fourth-order valence-electron chi connectivity index (χ4n) is 1.60. The van der Waals surface area contributed by atoms with Gasteiger partial charge in [-0.2, -0.15) is 13.2 Å². The lowest BCUT2D eigenvalue weighted by atomic mass is 10.0. The molecule has 6 heteroatoms. The Morgan fingerprint density at radius 2 is 1.89 bits per heavy atom. The summed E-state index contributed by atoms with van der Waals surface area (Å²) in [6, 6.07) is 6.89. The average molecular weight is 267 g/mol. The molecule has 1 aromatic heterocycles. The Hall–Kier alpha value is -2.37. The van der Waals surface area contributed by atoms with Gasteiger partial charge in [0.25, 0.3) is 0 Å². The Morgan fingerprint density at radius 1 is 1.16 bits per heavy atom. The zero-order chi connectivity index (χ0) is 14.0. The number of aromatic nitrogens is 1. The number of pyridine rings is 1. The number of carbonyl (C=O) groups is 1. The molecule has 0 unspecified atom stereocenters. The molecular weight excluding hydrogens is 259 g/mol. The maximum Gasteiger partial charge on any atom is 0.417 e. The molecule has 0 radical (unpaired) electrons. The van der Waals surface area contributed by atoms with E-state index in [1.54, 1.807) is 6.07 Å². The van der Waals surface area contributed by atoms with Crippen LogP contribution in [0.25, 0.3) is 0 Å². The topological polar surface area (TPSA) is 50.2 Å². The van der Waals surface area contributed by atoms with E-state index in [4.69, 9.17) is 5.11 Å². The zero-order valence-corrected chi connectivity index (χ0v) is 9.48. The van der Waals surface area contributed by atoms with E-state index in [9.17, 15) is 18.0 Å². The van der Waals surface area contributed by atoms with Crippen LogP contribution in [0.3, 0.4) is 0 Å². The van der Waals surface area contributed by atoms with Crippen molar-refractivity contribution in [1.82, 2.24) is 4.98 Å². The van der Waals surface area contributed by atoms with Crippen LogP contribution in [0.4, 0.5) is 13.2 Å². The van der Waals surface area contributed by atoms with E-state index < -0.39 is 28.8 Å². The quantitative estimate of drug-likeness (QED) is 0.851. The lowest BCUT2D eigenvalue weighted by Gasteiger charge is -2.12. The van der Waals surface area contributed by atoms with Gasteiger partial charge in [-0.1, -0.05) is 6.07 Å². The predicted octanol–water partition coefficient (Wildman–Crippen LogP) is 3.04. The number of ketones is 1. The minimum atomic E-state index is -4.72. The van der Waals surface area contributed by atoms with Crippen LogP contribution in [0.15, 0.2) is 42.6 Å². The van der Waals surface area contributed by atoms with Gasteiger partial charge in [-0.15, -0.1) is 0 Å². The van der Waals surface area contributed by atoms with Crippen LogP contribution in [-0.2, 0) is 6.18 Å². The summed E-state index contributed by atoms with van der Waals surface area (Å²) in [7, 11) is 0. The third-order valence-corrected chi connectivity index (χ3v) is 2.45. The van der Waals surface area contributed by atoms with Gasteiger partial charge in [0.05, 0.1) is 5.56 Å². The lowest BCUT2D eigenvalue weighted by Crippen LogP contribution is -2.14. The monoisotopic (exact) mass is 267 g/mol. The molecule has 0 bridgehead atoms. The second kappa shape index (κ2) is 4.72. The van der Waals surface area contributed by atoms with E-state index in [0.717, 1.165) is 12.1 Å². The molecule has 0 aliphatic carbocycles. The number of carbonyl (C=O) groups excluding carboxylic acids is 1. The van der Waals surface area contributed by atoms with Crippen LogP contribution in [0, 0.1) is 0 Å². The summed E-state index contributed by atoms with van der Waals surface area (Å²) < 4.78 is 38.5. The number of alkyl halides is 3. The van der Waals surface area contributed by atoms with Gasteiger partial charge in [0.1, 0.15) is 11.4 Å². The first kappa shape index (κ1) is 13.1. The molecule has 0 amide bonds. The minimum Gasteiger partial charge on any atom is -0.508 e. The summed E-state index contributed by atoms with van der Waals surface area (Å²) in [5.41, 5.74) is -1.80. The van der Waals surface area contributed by atoms with Gasteiger partial charge in [0.15, 0.2) is 0 Å². The Morgan fingerprint density at radius 3 is 2.47 bits per heavy atom. The van der Waals surface area contributed by atoms with Crippen molar-refractivity contribution in [3.63, 3.8) is 0 Å². The van der Waals surface area contributed by atoms with E-state index in [0.29, 0.717) is 6.07 Å². The van der Waals surface area contributed by atoms with Crippen LogP contribution in [0.1, 0.15) is 21.6 Å². The number of halogens is 3. The maximum absolute atomic E-state index is 12.8. The number of hydrogen-bond donors (Lipinski definition) is 1. The SMILES string of the molecule is O=C(c1ccccn1)c1ccc(O)cc1C(F)(F)F. The number of rotatable bonds is 2. The summed E-state index contributed by atoms with van der Waals surface area (Å²) in [4.78, 5) is 15.7. The van der Waals surface area contributed by atoms with Crippen LogP contribution in [-0.4, -0.2) is 15.9 Å². The molecule has 0 saturated heterocycles. The Bertz CT molecular complexity index is 609. The van der Waals surface area contributed by atoms with Crippen molar-refractivity contribution in [2.45, 2.75) is 6.18 Å². The van der Waals surface area contributed by atoms with Gasteiger partial charge >= 0.3 is 6.18 Å². The maximum atomic E-state index is 12.8. The largest absolute Gasteiger partial charge is 0.508 e. The molecule has 98 valence electrons. The first-order valence-corrected chi connectivity index (χ1v) is 5.25. The van der Waals surface area contributed by atoms with Crippen molar-refractivity contribution in [2.75, 3.05) is 0 Å². The van der Waals surface area contributed by atoms with E-state index in [1.165, 1.54) is 18.3 Å². The molecule has 1 N–H and O–H groups in total. The summed E-state index contributed by atoms with van der Waals surface area (Å²) >= 11 is 0. The fraction of sp³-hybridized carbons (Fsp3) is 0.0769. The van der Waals surface area contributed by atoms with Crippen molar-refractivity contribution in [3.05, 3.63) is 59.4 Å². The third kappa shape index (κ3) is 2.73. The van der Waals surface area contributed by atoms with E-state index in [1.807, 2.05) is 0 Å². The molecule has 3 nitrogen and oxygen atoms in total. The molecule has 0 spiro atoms. The second-order valence-corrected chi connectivity index (χ2v) is 3.77. The zero-order valence-electron chi connectivity index (χ0n) is 9.48. The van der Waals surface area contributed by atoms with E-state index in [2.05, 4.69) is 4.98 Å². The first-order chi connectivity index (χ1) is 8.89.